The number of ether oxygens (including phenoxy) is 2. The molecule has 2 fully saturated rings. The third kappa shape index (κ3) is 0.565. The molecule has 2 rings (SSSR count). The zero-order valence-corrected chi connectivity index (χ0v) is 4.59. The third-order valence-corrected chi connectivity index (χ3v) is 1.63. The molecule has 2 saturated heterocycles. The monoisotopic (exact) mass is 112 g/mol. The molecule has 44 valence electrons. The molecule has 0 aliphatic carbocycles. The van der Waals surface area contributed by atoms with Crippen molar-refractivity contribution in [1.29, 1.82) is 0 Å². The second-order valence-electron chi connectivity index (χ2n) is 2.15. The topological polar surface area (TPSA) is 18.5 Å². The standard InChI is InChI=1S/C6H8O2/c1-3-7-6-5(1)2-4-8-6/h5-6H,1,3-4H2/t5-,6-/m1/s1. The van der Waals surface area contributed by atoms with Crippen molar-refractivity contribution in [1.82, 2.24) is 0 Å². The number of fused-ring (bicyclic) bond motifs is 1. The Balaban J connectivity index is 2.04. The predicted molar refractivity (Wildman–Crippen MR) is 27.0 cm³/mol. The summed E-state index contributed by atoms with van der Waals surface area (Å²) in [6.45, 7) is 1.51. The average Bonchev–Trinajstić information content (AvgIpc) is 2.15. The molecule has 2 aliphatic heterocycles. The van der Waals surface area contributed by atoms with Crippen molar-refractivity contribution in [2.45, 2.75) is 12.7 Å². The van der Waals surface area contributed by atoms with Gasteiger partial charge in [-0.1, -0.05) is 0 Å². The van der Waals surface area contributed by atoms with Crippen LogP contribution >= 0.6 is 0 Å². The normalized spacial score (nSPS) is 45.0. The highest BCUT2D eigenvalue weighted by Crippen LogP contribution is 2.29. The van der Waals surface area contributed by atoms with Crippen LogP contribution in [0.5, 0.6) is 0 Å². The lowest BCUT2D eigenvalue weighted by atomic mass is 10.1. The van der Waals surface area contributed by atoms with E-state index in [9.17, 15) is 0 Å². The van der Waals surface area contributed by atoms with E-state index in [2.05, 4.69) is 6.42 Å². The summed E-state index contributed by atoms with van der Waals surface area (Å²) in [5.41, 5.74) is 0. The molecule has 8 heavy (non-hydrogen) atoms. The fraction of sp³-hybridized carbons (Fsp3) is 0.833. The summed E-state index contributed by atoms with van der Waals surface area (Å²) in [5.74, 6) is 0.481. The van der Waals surface area contributed by atoms with Gasteiger partial charge in [0.1, 0.15) is 0 Å². The van der Waals surface area contributed by atoms with Gasteiger partial charge in [0, 0.05) is 12.3 Å². The van der Waals surface area contributed by atoms with Gasteiger partial charge in [-0.15, -0.1) is 0 Å². The minimum absolute atomic E-state index is 0.0648. The summed E-state index contributed by atoms with van der Waals surface area (Å²) < 4.78 is 10.3. The van der Waals surface area contributed by atoms with E-state index < -0.39 is 0 Å². The Bertz CT molecular complexity index is 72.5. The van der Waals surface area contributed by atoms with E-state index in [0.717, 1.165) is 13.0 Å². The lowest BCUT2D eigenvalue weighted by Crippen LogP contribution is -2.09. The Morgan fingerprint density at radius 2 is 2.38 bits per heavy atom. The molecule has 0 aromatic heterocycles. The van der Waals surface area contributed by atoms with Gasteiger partial charge in [0.25, 0.3) is 0 Å². The Hall–Kier alpha value is -0.0800. The Morgan fingerprint density at radius 3 is 3.25 bits per heavy atom. The molecule has 0 saturated carbocycles. The lowest BCUT2D eigenvalue weighted by Gasteiger charge is -2.03. The van der Waals surface area contributed by atoms with Crippen molar-refractivity contribution in [3.8, 4) is 0 Å². The molecule has 0 unspecified atom stereocenters. The zero-order chi connectivity index (χ0) is 5.40. The number of hydrogen-bond acceptors (Lipinski definition) is 2. The fourth-order valence-corrected chi connectivity index (χ4v) is 1.16. The second-order valence-corrected chi connectivity index (χ2v) is 2.15. The first-order chi connectivity index (χ1) is 3.97. The third-order valence-electron chi connectivity index (χ3n) is 1.63. The summed E-state index contributed by atoms with van der Waals surface area (Å²) in [7, 11) is 0. The minimum atomic E-state index is 0.0648. The molecule has 0 aromatic rings. The molecule has 2 nitrogen and oxygen atoms in total. The summed E-state index contributed by atoms with van der Waals surface area (Å²) in [6, 6.07) is 0. The number of rotatable bonds is 0. The van der Waals surface area contributed by atoms with Crippen LogP contribution in [0.2, 0.25) is 0 Å². The van der Waals surface area contributed by atoms with Gasteiger partial charge in [0.2, 0.25) is 0 Å². The minimum Gasteiger partial charge on any atom is -0.352 e. The molecular weight excluding hydrogens is 104 g/mol. The summed E-state index contributed by atoms with van der Waals surface area (Å²) >= 11 is 0. The molecule has 2 heteroatoms. The highest BCUT2D eigenvalue weighted by molar-refractivity contribution is 4.87. The average molecular weight is 112 g/mol. The van der Waals surface area contributed by atoms with Crippen LogP contribution in [-0.2, 0) is 9.47 Å². The smallest absolute Gasteiger partial charge is 0.161 e. The van der Waals surface area contributed by atoms with Crippen LogP contribution in [-0.4, -0.2) is 19.5 Å². The van der Waals surface area contributed by atoms with Gasteiger partial charge in [-0.2, -0.15) is 0 Å². The molecule has 0 aromatic carbocycles. The van der Waals surface area contributed by atoms with Crippen LogP contribution in [0.3, 0.4) is 0 Å². The van der Waals surface area contributed by atoms with Crippen LogP contribution in [0.1, 0.15) is 6.42 Å². The quantitative estimate of drug-likeness (QED) is 0.453. The molecule has 0 spiro atoms. The molecular formula is C6H8O2. The van der Waals surface area contributed by atoms with Crippen LogP contribution in [0.25, 0.3) is 0 Å². The molecule has 0 amide bonds. The highest BCUT2D eigenvalue weighted by atomic mass is 16.7. The molecule has 0 N–H and O–H groups in total. The van der Waals surface area contributed by atoms with E-state index in [1.54, 1.807) is 0 Å². The van der Waals surface area contributed by atoms with Crippen molar-refractivity contribution >= 4 is 0 Å². The largest absolute Gasteiger partial charge is 0.352 e. The zero-order valence-electron chi connectivity index (χ0n) is 4.59. The maximum Gasteiger partial charge on any atom is 0.161 e. The van der Waals surface area contributed by atoms with E-state index in [1.165, 1.54) is 0 Å². The van der Waals surface area contributed by atoms with Crippen molar-refractivity contribution in [2.24, 2.45) is 5.92 Å². The molecule has 2 aliphatic rings. The van der Waals surface area contributed by atoms with E-state index in [0.29, 0.717) is 12.5 Å². The van der Waals surface area contributed by atoms with Crippen LogP contribution in [0.15, 0.2) is 0 Å². The molecule has 0 bridgehead atoms. The SMILES string of the molecule is [C]1CO[C@H]2OCC[C@H]12. The van der Waals surface area contributed by atoms with Crippen molar-refractivity contribution in [3.63, 3.8) is 0 Å². The van der Waals surface area contributed by atoms with E-state index in [1.807, 2.05) is 0 Å². The van der Waals surface area contributed by atoms with Gasteiger partial charge in [-0.3, -0.25) is 0 Å². The van der Waals surface area contributed by atoms with Crippen molar-refractivity contribution in [2.75, 3.05) is 13.2 Å². The Morgan fingerprint density at radius 1 is 1.38 bits per heavy atom. The van der Waals surface area contributed by atoms with E-state index in [-0.39, 0.29) is 6.29 Å². The Kier molecular flexibility index (Phi) is 1.02. The van der Waals surface area contributed by atoms with Crippen LogP contribution in [0, 0.1) is 12.3 Å². The second kappa shape index (κ2) is 1.71. The van der Waals surface area contributed by atoms with Crippen molar-refractivity contribution < 1.29 is 9.47 Å². The summed E-state index contributed by atoms with van der Waals surface area (Å²) in [4.78, 5) is 0. The summed E-state index contributed by atoms with van der Waals surface area (Å²) in [6.07, 6.45) is 4.34. The first-order valence-electron chi connectivity index (χ1n) is 2.93. The maximum absolute atomic E-state index is 5.19. The van der Waals surface area contributed by atoms with Crippen LogP contribution < -0.4 is 0 Å². The maximum atomic E-state index is 5.19. The van der Waals surface area contributed by atoms with E-state index in [4.69, 9.17) is 9.47 Å². The molecule has 2 atom stereocenters. The van der Waals surface area contributed by atoms with Crippen molar-refractivity contribution in [3.05, 3.63) is 6.42 Å². The first kappa shape index (κ1) is 4.77. The number of hydrogen-bond donors (Lipinski definition) is 0. The highest BCUT2D eigenvalue weighted by Gasteiger charge is 2.33. The predicted octanol–water partition coefficient (Wildman–Crippen LogP) is 0.460. The van der Waals surface area contributed by atoms with Gasteiger partial charge in [-0.05, 0) is 6.42 Å². The Labute approximate surface area is 48.8 Å². The lowest BCUT2D eigenvalue weighted by molar-refractivity contribution is -0.0904. The van der Waals surface area contributed by atoms with Gasteiger partial charge in [0.05, 0.1) is 13.2 Å². The van der Waals surface area contributed by atoms with Gasteiger partial charge in [0.15, 0.2) is 6.29 Å². The fourth-order valence-electron chi connectivity index (χ4n) is 1.16. The molecule has 2 heterocycles. The van der Waals surface area contributed by atoms with Gasteiger partial charge in [-0.25, -0.2) is 0 Å². The first-order valence-corrected chi connectivity index (χ1v) is 2.93. The van der Waals surface area contributed by atoms with Gasteiger partial charge >= 0.3 is 0 Å². The summed E-state index contributed by atoms with van der Waals surface area (Å²) in [5, 5.41) is 0. The van der Waals surface area contributed by atoms with Gasteiger partial charge < -0.3 is 9.47 Å². The molecule has 2 radical (unpaired) electrons. The van der Waals surface area contributed by atoms with Crippen LogP contribution in [0.4, 0.5) is 0 Å². The van der Waals surface area contributed by atoms with E-state index >= 15 is 0 Å².